The van der Waals surface area contributed by atoms with Gasteiger partial charge in [0.25, 0.3) is 0 Å². The molecule has 0 aliphatic rings. The minimum Gasteiger partial charge on any atom is -0.325 e. The van der Waals surface area contributed by atoms with Crippen LogP contribution in [0.1, 0.15) is 20.8 Å². The molecule has 2 N–H and O–H groups in total. The summed E-state index contributed by atoms with van der Waals surface area (Å²) in [5.74, 6) is 1.13. The van der Waals surface area contributed by atoms with Crippen LogP contribution in [-0.4, -0.2) is 19.0 Å². The number of anilines is 1. The third kappa shape index (κ3) is 5.52. The van der Waals surface area contributed by atoms with E-state index in [0.717, 1.165) is 12.2 Å². The van der Waals surface area contributed by atoms with Gasteiger partial charge in [0.05, 0.1) is 6.54 Å². The molecule has 1 atom stereocenters. The lowest BCUT2D eigenvalue weighted by Crippen LogP contribution is -2.32. The number of benzene rings is 1. The van der Waals surface area contributed by atoms with E-state index >= 15 is 0 Å². The van der Waals surface area contributed by atoms with Gasteiger partial charge in [-0.1, -0.05) is 38.4 Å². The van der Waals surface area contributed by atoms with E-state index in [1.165, 1.54) is 0 Å². The van der Waals surface area contributed by atoms with E-state index in [1.807, 2.05) is 12.1 Å². The lowest BCUT2D eigenvalue weighted by Gasteiger charge is -2.15. The van der Waals surface area contributed by atoms with Crippen molar-refractivity contribution in [3.05, 3.63) is 29.3 Å². The van der Waals surface area contributed by atoms with Crippen molar-refractivity contribution < 1.29 is 4.79 Å². The number of hydrogen-bond acceptors (Lipinski definition) is 2. The minimum atomic E-state index is -0.0479. The van der Waals surface area contributed by atoms with Crippen LogP contribution in [0, 0.1) is 11.8 Å². The van der Waals surface area contributed by atoms with Crippen LogP contribution in [0.5, 0.6) is 0 Å². The Morgan fingerprint density at radius 3 is 2.67 bits per heavy atom. The van der Waals surface area contributed by atoms with Crippen LogP contribution in [0.25, 0.3) is 0 Å². The van der Waals surface area contributed by atoms with Gasteiger partial charge in [-0.05, 0) is 36.6 Å². The van der Waals surface area contributed by atoms with Crippen molar-refractivity contribution in [3.63, 3.8) is 0 Å². The summed E-state index contributed by atoms with van der Waals surface area (Å²) in [6.07, 6.45) is 0. The van der Waals surface area contributed by atoms with Gasteiger partial charge in [-0.2, -0.15) is 0 Å². The number of nitrogens with one attached hydrogen (secondary N) is 2. The number of carbonyl (C=O) groups excluding carboxylic acids is 1. The first-order valence-corrected chi connectivity index (χ1v) is 6.63. The molecule has 1 unspecified atom stereocenters. The first-order chi connectivity index (χ1) is 8.49. The van der Waals surface area contributed by atoms with Gasteiger partial charge in [0.15, 0.2) is 0 Å². The Kier molecular flexibility index (Phi) is 6.16. The van der Waals surface area contributed by atoms with Crippen LogP contribution in [0.3, 0.4) is 0 Å². The first kappa shape index (κ1) is 15.0. The normalized spacial score (nSPS) is 12.5. The average molecular weight is 269 g/mol. The van der Waals surface area contributed by atoms with Crippen LogP contribution in [0.2, 0.25) is 5.02 Å². The molecule has 0 aliphatic carbocycles. The Bertz CT molecular complexity index is 393. The van der Waals surface area contributed by atoms with E-state index in [0.29, 0.717) is 23.4 Å². The second-order valence-corrected chi connectivity index (χ2v) is 5.35. The Morgan fingerprint density at radius 1 is 1.33 bits per heavy atom. The molecule has 0 saturated carbocycles. The second kappa shape index (κ2) is 7.39. The van der Waals surface area contributed by atoms with Gasteiger partial charge >= 0.3 is 0 Å². The van der Waals surface area contributed by atoms with Crippen LogP contribution in [0.4, 0.5) is 5.69 Å². The maximum atomic E-state index is 11.7. The maximum Gasteiger partial charge on any atom is 0.238 e. The molecule has 1 aromatic carbocycles. The minimum absolute atomic E-state index is 0.0479. The summed E-state index contributed by atoms with van der Waals surface area (Å²) in [4.78, 5) is 11.7. The molecule has 1 rings (SSSR count). The molecule has 0 spiro atoms. The lowest BCUT2D eigenvalue weighted by atomic mass is 9.98. The summed E-state index contributed by atoms with van der Waals surface area (Å²) >= 11 is 5.84. The highest BCUT2D eigenvalue weighted by molar-refractivity contribution is 6.30. The van der Waals surface area contributed by atoms with Gasteiger partial charge in [-0.25, -0.2) is 0 Å². The Morgan fingerprint density at radius 2 is 2.06 bits per heavy atom. The van der Waals surface area contributed by atoms with Gasteiger partial charge in [-0.15, -0.1) is 0 Å². The molecule has 0 bridgehead atoms. The van der Waals surface area contributed by atoms with Crippen LogP contribution in [-0.2, 0) is 4.79 Å². The smallest absolute Gasteiger partial charge is 0.238 e. The molecule has 0 aromatic heterocycles. The number of halogens is 1. The zero-order valence-corrected chi connectivity index (χ0v) is 11.9. The predicted molar refractivity (Wildman–Crippen MR) is 77.0 cm³/mol. The van der Waals surface area contributed by atoms with E-state index in [2.05, 4.69) is 31.4 Å². The van der Waals surface area contributed by atoms with Gasteiger partial charge in [0.2, 0.25) is 5.91 Å². The zero-order chi connectivity index (χ0) is 13.5. The molecule has 0 saturated heterocycles. The molecule has 4 heteroatoms. The summed E-state index contributed by atoms with van der Waals surface area (Å²) in [5, 5.41) is 6.58. The number of hydrogen-bond donors (Lipinski definition) is 2. The van der Waals surface area contributed by atoms with E-state index < -0.39 is 0 Å². The van der Waals surface area contributed by atoms with E-state index in [4.69, 9.17) is 11.6 Å². The Balaban J connectivity index is 2.30. The van der Waals surface area contributed by atoms with E-state index in [9.17, 15) is 4.79 Å². The molecule has 0 radical (unpaired) electrons. The second-order valence-electron chi connectivity index (χ2n) is 4.91. The molecule has 100 valence electrons. The largest absolute Gasteiger partial charge is 0.325 e. The van der Waals surface area contributed by atoms with Crippen molar-refractivity contribution >= 4 is 23.2 Å². The highest BCUT2D eigenvalue weighted by Crippen LogP contribution is 2.14. The summed E-state index contributed by atoms with van der Waals surface area (Å²) in [6.45, 7) is 7.70. The van der Waals surface area contributed by atoms with Gasteiger partial charge < -0.3 is 10.6 Å². The fourth-order valence-corrected chi connectivity index (χ4v) is 1.61. The third-order valence-corrected chi connectivity index (χ3v) is 3.23. The summed E-state index contributed by atoms with van der Waals surface area (Å²) in [6, 6.07) is 7.14. The zero-order valence-electron chi connectivity index (χ0n) is 11.2. The molecular weight excluding hydrogens is 248 g/mol. The molecule has 0 fully saturated rings. The van der Waals surface area contributed by atoms with Crippen LogP contribution < -0.4 is 10.6 Å². The first-order valence-electron chi connectivity index (χ1n) is 6.25. The van der Waals surface area contributed by atoms with Gasteiger partial charge in [0.1, 0.15) is 0 Å². The Labute approximate surface area is 114 Å². The standard InChI is InChI=1S/C14H21ClN2O/c1-10(2)11(3)8-16-9-14(18)17-13-6-4-5-12(15)7-13/h4-7,10-11,16H,8-9H2,1-3H3,(H,17,18). The van der Waals surface area contributed by atoms with Crippen molar-refractivity contribution in [1.29, 1.82) is 0 Å². The molecule has 0 heterocycles. The van der Waals surface area contributed by atoms with Gasteiger partial charge in [0, 0.05) is 10.7 Å². The average Bonchev–Trinajstić information content (AvgIpc) is 2.28. The maximum absolute atomic E-state index is 11.7. The highest BCUT2D eigenvalue weighted by atomic mass is 35.5. The lowest BCUT2D eigenvalue weighted by molar-refractivity contribution is -0.115. The van der Waals surface area contributed by atoms with Crippen molar-refractivity contribution in [1.82, 2.24) is 5.32 Å². The van der Waals surface area contributed by atoms with Crippen molar-refractivity contribution in [2.45, 2.75) is 20.8 Å². The van der Waals surface area contributed by atoms with Crippen LogP contribution in [0.15, 0.2) is 24.3 Å². The summed E-state index contributed by atoms with van der Waals surface area (Å²) in [5.41, 5.74) is 0.728. The molecular formula is C14H21ClN2O. The molecule has 0 aliphatic heterocycles. The molecule has 1 aromatic rings. The topological polar surface area (TPSA) is 41.1 Å². The van der Waals surface area contributed by atoms with Crippen LogP contribution >= 0.6 is 11.6 Å². The predicted octanol–water partition coefficient (Wildman–Crippen LogP) is 3.16. The highest BCUT2D eigenvalue weighted by Gasteiger charge is 2.07. The van der Waals surface area contributed by atoms with Crippen molar-refractivity contribution in [3.8, 4) is 0 Å². The number of amides is 1. The van der Waals surface area contributed by atoms with Gasteiger partial charge in [-0.3, -0.25) is 4.79 Å². The van der Waals surface area contributed by atoms with E-state index in [1.54, 1.807) is 12.1 Å². The fourth-order valence-electron chi connectivity index (χ4n) is 1.42. The fraction of sp³-hybridized carbons (Fsp3) is 0.500. The van der Waals surface area contributed by atoms with E-state index in [-0.39, 0.29) is 5.91 Å². The number of carbonyl (C=O) groups is 1. The molecule has 3 nitrogen and oxygen atoms in total. The summed E-state index contributed by atoms with van der Waals surface area (Å²) < 4.78 is 0. The summed E-state index contributed by atoms with van der Waals surface area (Å²) in [7, 11) is 0. The monoisotopic (exact) mass is 268 g/mol. The number of rotatable bonds is 6. The SMILES string of the molecule is CC(C)C(C)CNCC(=O)Nc1cccc(Cl)c1. The quantitative estimate of drug-likeness (QED) is 0.832. The van der Waals surface area contributed by atoms with Crippen molar-refractivity contribution in [2.75, 3.05) is 18.4 Å². The third-order valence-electron chi connectivity index (χ3n) is 3.00. The Hall–Kier alpha value is -1.06. The molecule has 1 amide bonds. The molecule has 18 heavy (non-hydrogen) atoms. The van der Waals surface area contributed by atoms with Crippen molar-refractivity contribution in [2.24, 2.45) is 11.8 Å².